The molecule has 0 atom stereocenters. The fourth-order valence-corrected chi connectivity index (χ4v) is 3.45. The number of anilines is 3. The van der Waals surface area contributed by atoms with Gasteiger partial charge in [-0.25, -0.2) is 0 Å². The molecule has 5 nitrogen and oxygen atoms in total. The van der Waals surface area contributed by atoms with Crippen LogP contribution in [0.5, 0.6) is 0 Å². The molecule has 0 radical (unpaired) electrons. The standard InChI is InChI=1S/C24H34N4O/c1-24(2,3)19-5-7-21(8-6-19)26-23(29)13-14-25-20-9-11-22(12-10-20)28-17-15-27(4)16-18-28/h5-12,25H,13-18H2,1-4H3,(H,26,29). The van der Waals surface area contributed by atoms with Crippen molar-refractivity contribution in [2.45, 2.75) is 32.6 Å². The maximum Gasteiger partial charge on any atom is 0.226 e. The number of rotatable bonds is 6. The van der Waals surface area contributed by atoms with Gasteiger partial charge in [-0.3, -0.25) is 4.79 Å². The number of benzene rings is 2. The number of amides is 1. The summed E-state index contributed by atoms with van der Waals surface area (Å²) in [4.78, 5) is 17.0. The molecule has 1 amide bonds. The summed E-state index contributed by atoms with van der Waals surface area (Å²) in [6, 6.07) is 16.6. The van der Waals surface area contributed by atoms with Crippen LogP contribution in [-0.2, 0) is 10.2 Å². The zero-order chi connectivity index (χ0) is 20.9. The van der Waals surface area contributed by atoms with Gasteiger partial charge in [0.2, 0.25) is 5.91 Å². The van der Waals surface area contributed by atoms with Gasteiger partial charge >= 0.3 is 0 Å². The van der Waals surface area contributed by atoms with E-state index in [1.165, 1.54) is 11.3 Å². The summed E-state index contributed by atoms with van der Waals surface area (Å²) < 4.78 is 0. The van der Waals surface area contributed by atoms with Crippen LogP contribution in [0.4, 0.5) is 17.1 Å². The van der Waals surface area contributed by atoms with Crippen molar-refractivity contribution in [3.8, 4) is 0 Å². The van der Waals surface area contributed by atoms with Gasteiger partial charge in [-0.15, -0.1) is 0 Å². The molecular formula is C24H34N4O. The Morgan fingerprint density at radius 1 is 0.897 bits per heavy atom. The van der Waals surface area contributed by atoms with Gasteiger partial charge in [-0.1, -0.05) is 32.9 Å². The normalized spacial score (nSPS) is 15.2. The molecular weight excluding hydrogens is 360 g/mol. The third-order valence-electron chi connectivity index (χ3n) is 5.45. The Kier molecular flexibility index (Phi) is 6.80. The predicted octanol–water partition coefficient (Wildman–Crippen LogP) is 4.18. The van der Waals surface area contributed by atoms with Gasteiger partial charge in [-0.2, -0.15) is 0 Å². The van der Waals surface area contributed by atoms with E-state index >= 15 is 0 Å². The van der Waals surface area contributed by atoms with Crippen LogP contribution in [0.3, 0.4) is 0 Å². The second kappa shape index (κ2) is 9.31. The average Bonchev–Trinajstić information content (AvgIpc) is 2.69. The second-order valence-electron chi connectivity index (χ2n) is 8.89. The van der Waals surface area contributed by atoms with Gasteiger partial charge in [0.1, 0.15) is 0 Å². The second-order valence-corrected chi connectivity index (χ2v) is 8.89. The predicted molar refractivity (Wildman–Crippen MR) is 123 cm³/mol. The minimum absolute atomic E-state index is 0.0232. The molecule has 1 heterocycles. The quantitative estimate of drug-likeness (QED) is 0.772. The van der Waals surface area contributed by atoms with E-state index in [0.29, 0.717) is 13.0 Å². The Balaban J connectivity index is 1.42. The molecule has 1 aliphatic heterocycles. The molecule has 29 heavy (non-hydrogen) atoms. The van der Waals surface area contributed by atoms with Crippen molar-refractivity contribution < 1.29 is 4.79 Å². The van der Waals surface area contributed by atoms with Crippen LogP contribution < -0.4 is 15.5 Å². The van der Waals surface area contributed by atoms with E-state index in [1.807, 2.05) is 12.1 Å². The smallest absolute Gasteiger partial charge is 0.226 e. The van der Waals surface area contributed by atoms with Gasteiger partial charge in [0, 0.05) is 56.2 Å². The van der Waals surface area contributed by atoms with Crippen molar-refractivity contribution in [2.75, 3.05) is 55.3 Å². The summed E-state index contributed by atoms with van der Waals surface area (Å²) in [6.45, 7) is 11.5. The lowest BCUT2D eigenvalue weighted by Crippen LogP contribution is -2.44. The van der Waals surface area contributed by atoms with Crippen LogP contribution in [0.15, 0.2) is 48.5 Å². The Labute approximate surface area is 175 Å². The summed E-state index contributed by atoms with van der Waals surface area (Å²) in [5.41, 5.74) is 4.54. The average molecular weight is 395 g/mol. The lowest BCUT2D eigenvalue weighted by molar-refractivity contribution is -0.115. The van der Waals surface area contributed by atoms with Gasteiger partial charge < -0.3 is 20.4 Å². The van der Waals surface area contributed by atoms with Crippen molar-refractivity contribution in [1.82, 2.24) is 4.90 Å². The third kappa shape index (κ3) is 6.23. The molecule has 0 bridgehead atoms. The number of piperazine rings is 1. The lowest BCUT2D eigenvalue weighted by Gasteiger charge is -2.34. The number of nitrogens with zero attached hydrogens (tertiary/aromatic N) is 2. The van der Waals surface area contributed by atoms with Crippen LogP contribution in [-0.4, -0.2) is 50.6 Å². The Hall–Kier alpha value is -2.53. The molecule has 2 aromatic carbocycles. The molecule has 1 fully saturated rings. The Bertz CT molecular complexity index is 785. The first-order valence-electron chi connectivity index (χ1n) is 10.5. The van der Waals surface area contributed by atoms with E-state index in [9.17, 15) is 4.79 Å². The van der Waals surface area contributed by atoms with E-state index in [0.717, 1.165) is 37.6 Å². The number of carbonyl (C=O) groups is 1. The molecule has 2 aromatic rings. The van der Waals surface area contributed by atoms with Crippen molar-refractivity contribution in [3.05, 3.63) is 54.1 Å². The summed E-state index contributed by atoms with van der Waals surface area (Å²) in [7, 11) is 2.17. The molecule has 2 N–H and O–H groups in total. The topological polar surface area (TPSA) is 47.6 Å². The van der Waals surface area contributed by atoms with E-state index in [2.05, 4.69) is 84.7 Å². The van der Waals surface area contributed by atoms with Gasteiger partial charge in [0.15, 0.2) is 0 Å². The number of hydrogen-bond acceptors (Lipinski definition) is 4. The molecule has 1 aliphatic rings. The Morgan fingerprint density at radius 3 is 2.07 bits per heavy atom. The summed E-state index contributed by atoms with van der Waals surface area (Å²) in [6.07, 6.45) is 0.432. The fraction of sp³-hybridized carbons (Fsp3) is 0.458. The molecule has 0 aromatic heterocycles. The molecule has 5 heteroatoms. The number of nitrogens with one attached hydrogen (secondary N) is 2. The molecule has 0 aliphatic carbocycles. The third-order valence-corrected chi connectivity index (χ3v) is 5.45. The molecule has 1 saturated heterocycles. The molecule has 0 saturated carbocycles. The first-order valence-corrected chi connectivity index (χ1v) is 10.5. The largest absolute Gasteiger partial charge is 0.385 e. The number of hydrogen-bond donors (Lipinski definition) is 2. The molecule has 0 unspecified atom stereocenters. The van der Waals surface area contributed by atoms with Crippen LogP contribution >= 0.6 is 0 Å². The van der Waals surface area contributed by atoms with E-state index in [-0.39, 0.29) is 11.3 Å². The maximum atomic E-state index is 12.2. The van der Waals surface area contributed by atoms with Crippen molar-refractivity contribution >= 4 is 23.0 Å². The van der Waals surface area contributed by atoms with E-state index < -0.39 is 0 Å². The van der Waals surface area contributed by atoms with Gasteiger partial charge in [-0.05, 0) is 54.4 Å². The van der Waals surface area contributed by atoms with E-state index in [4.69, 9.17) is 0 Å². The monoisotopic (exact) mass is 394 g/mol. The highest BCUT2D eigenvalue weighted by molar-refractivity contribution is 5.91. The van der Waals surface area contributed by atoms with Crippen LogP contribution in [0.1, 0.15) is 32.8 Å². The minimum atomic E-state index is 0.0232. The first-order chi connectivity index (χ1) is 13.8. The van der Waals surface area contributed by atoms with Gasteiger partial charge in [0.05, 0.1) is 0 Å². The molecule has 3 rings (SSSR count). The number of carbonyl (C=O) groups excluding carboxylic acids is 1. The highest BCUT2D eigenvalue weighted by Gasteiger charge is 2.14. The number of likely N-dealkylation sites (N-methyl/N-ethyl adjacent to an activating group) is 1. The van der Waals surface area contributed by atoms with Crippen molar-refractivity contribution in [2.24, 2.45) is 0 Å². The summed E-state index contributed by atoms with van der Waals surface area (Å²) in [5.74, 6) is 0.0232. The van der Waals surface area contributed by atoms with Crippen molar-refractivity contribution in [3.63, 3.8) is 0 Å². The fourth-order valence-electron chi connectivity index (χ4n) is 3.45. The highest BCUT2D eigenvalue weighted by Crippen LogP contribution is 2.23. The van der Waals surface area contributed by atoms with Crippen LogP contribution in [0.2, 0.25) is 0 Å². The minimum Gasteiger partial charge on any atom is -0.385 e. The van der Waals surface area contributed by atoms with Crippen LogP contribution in [0.25, 0.3) is 0 Å². The maximum absolute atomic E-state index is 12.2. The molecule has 0 spiro atoms. The van der Waals surface area contributed by atoms with E-state index in [1.54, 1.807) is 0 Å². The zero-order valence-electron chi connectivity index (χ0n) is 18.2. The SMILES string of the molecule is CN1CCN(c2ccc(NCCC(=O)Nc3ccc(C(C)(C)C)cc3)cc2)CC1. The van der Waals surface area contributed by atoms with Crippen molar-refractivity contribution in [1.29, 1.82) is 0 Å². The summed E-state index contributed by atoms with van der Waals surface area (Å²) in [5, 5.41) is 6.31. The van der Waals surface area contributed by atoms with Gasteiger partial charge in [0.25, 0.3) is 0 Å². The Morgan fingerprint density at radius 2 is 1.48 bits per heavy atom. The van der Waals surface area contributed by atoms with Crippen LogP contribution in [0, 0.1) is 0 Å². The molecule has 156 valence electrons. The first kappa shape index (κ1) is 21.2. The zero-order valence-corrected chi connectivity index (χ0v) is 18.2. The lowest BCUT2D eigenvalue weighted by atomic mass is 9.87. The summed E-state index contributed by atoms with van der Waals surface area (Å²) >= 11 is 0. The highest BCUT2D eigenvalue weighted by atomic mass is 16.1.